The largest absolute Gasteiger partial charge is 0.481 e. The molecule has 0 aromatic heterocycles. The maximum Gasteiger partial charge on any atom is 0.303 e. The number of aliphatic carboxylic acids is 1. The summed E-state index contributed by atoms with van der Waals surface area (Å²) in [5.41, 5.74) is 0. The zero-order chi connectivity index (χ0) is 17.8. The molecule has 0 aliphatic heterocycles. The monoisotopic (exact) mass is 330 g/mol. The van der Waals surface area contributed by atoms with Crippen LogP contribution in [-0.2, 0) is 4.79 Å². The molecule has 23 heavy (non-hydrogen) atoms. The Kier molecular flexibility index (Phi) is 11.5. The van der Waals surface area contributed by atoms with Crippen LogP contribution < -0.4 is 0 Å². The van der Waals surface area contributed by atoms with Gasteiger partial charge >= 0.3 is 5.97 Å². The van der Waals surface area contributed by atoms with Crippen molar-refractivity contribution in [2.24, 2.45) is 0 Å². The average molecular weight is 331 g/mol. The van der Waals surface area contributed by atoms with Crippen molar-refractivity contribution in [2.45, 2.75) is 64.2 Å². The van der Waals surface area contributed by atoms with E-state index in [9.17, 15) is 4.79 Å². The van der Waals surface area contributed by atoms with E-state index in [1.807, 2.05) is 0 Å². The second kappa shape index (κ2) is 11.9. The van der Waals surface area contributed by atoms with Gasteiger partial charge in [0.2, 0.25) is 0 Å². The van der Waals surface area contributed by atoms with Crippen molar-refractivity contribution in [3.63, 3.8) is 0 Å². The van der Waals surface area contributed by atoms with Crippen molar-refractivity contribution in [1.29, 1.82) is 0 Å². The maximum absolute atomic E-state index is 10.6. The van der Waals surface area contributed by atoms with E-state index >= 15 is 0 Å². The van der Waals surface area contributed by atoms with Crippen LogP contribution in [0.3, 0.4) is 0 Å². The molecule has 0 amide bonds. The molecule has 0 aliphatic rings. The molecule has 0 saturated carbocycles. The molecule has 0 aliphatic carbocycles. The normalized spacial score (nSPS) is 12.6. The van der Waals surface area contributed by atoms with Crippen LogP contribution in [0.2, 0.25) is 0 Å². The Morgan fingerprint density at radius 3 is 1.48 bits per heavy atom. The van der Waals surface area contributed by atoms with Crippen LogP contribution in [-0.4, -0.2) is 74.9 Å². The third-order valence-corrected chi connectivity index (χ3v) is 4.50. The average Bonchev–Trinajstić information content (AvgIpc) is 2.39. The number of rotatable bonds is 15. The lowest BCUT2D eigenvalue weighted by Crippen LogP contribution is -2.41. The molecule has 0 fully saturated rings. The van der Waals surface area contributed by atoms with Gasteiger partial charge in [-0.3, -0.25) is 4.79 Å². The predicted molar refractivity (Wildman–Crippen MR) is 98.5 cm³/mol. The van der Waals surface area contributed by atoms with Crippen LogP contribution in [0, 0.1) is 0 Å². The van der Waals surface area contributed by atoms with E-state index in [0.717, 1.165) is 21.9 Å². The Morgan fingerprint density at radius 1 is 0.652 bits per heavy atom. The summed E-state index contributed by atoms with van der Waals surface area (Å²) in [6.07, 6.45) is 11.9. The highest BCUT2D eigenvalue weighted by molar-refractivity contribution is 5.66. The molecule has 1 N–H and O–H groups in total. The first-order valence-corrected chi connectivity index (χ1v) is 9.47. The molecule has 0 aromatic carbocycles. The fourth-order valence-electron chi connectivity index (χ4n) is 2.96. The summed E-state index contributed by atoms with van der Waals surface area (Å²) in [5, 5.41) is 8.69. The molecule has 0 aromatic rings. The summed E-state index contributed by atoms with van der Waals surface area (Å²) in [6.45, 7) is 3.43. The highest BCUT2D eigenvalue weighted by Crippen LogP contribution is 2.11. The van der Waals surface area contributed by atoms with Gasteiger partial charge in [-0.05, 0) is 25.7 Å². The van der Waals surface area contributed by atoms with Gasteiger partial charge in [0.05, 0.1) is 61.3 Å². The molecule has 0 radical (unpaired) electrons. The minimum Gasteiger partial charge on any atom is -0.481 e. The number of hydrogen-bond donors (Lipinski definition) is 1. The molecular weight excluding hydrogens is 288 g/mol. The topological polar surface area (TPSA) is 37.3 Å². The maximum atomic E-state index is 10.6. The van der Waals surface area contributed by atoms with Gasteiger partial charge in [-0.25, -0.2) is 0 Å². The fraction of sp³-hybridized carbons (Fsp3) is 0.947. The van der Waals surface area contributed by atoms with Crippen molar-refractivity contribution in [1.82, 2.24) is 0 Å². The van der Waals surface area contributed by atoms with E-state index in [2.05, 4.69) is 35.2 Å². The summed E-state index contributed by atoms with van der Waals surface area (Å²) >= 11 is 0. The Hall–Kier alpha value is -0.610. The number of carbonyl (C=O) groups is 1. The van der Waals surface area contributed by atoms with E-state index in [0.29, 0.717) is 6.42 Å². The molecule has 0 rings (SSSR count). The first-order valence-electron chi connectivity index (χ1n) is 9.47. The first kappa shape index (κ1) is 22.4. The SMILES string of the molecule is C[N+](C)(C)CCCCCCCCCC[N+](C)(C)CCCC(=O)O. The van der Waals surface area contributed by atoms with Crippen molar-refractivity contribution in [2.75, 3.05) is 54.9 Å². The van der Waals surface area contributed by atoms with Crippen molar-refractivity contribution in [3.05, 3.63) is 0 Å². The highest BCUT2D eigenvalue weighted by atomic mass is 16.4. The van der Waals surface area contributed by atoms with Crippen LogP contribution in [0.1, 0.15) is 64.2 Å². The third-order valence-electron chi connectivity index (χ3n) is 4.50. The number of carboxylic acids is 1. The van der Waals surface area contributed by atoms with E-state index < -0.39 is 5.97 Å². The number of hydrogen-bond acceptors (Lipinski definition) is 1. The van der Waals surface area contributed by atoms with Gasteiger partial charge in [-0.15, -0.1) is 0 Å². The molecule has 0 unspecified atom stereocenters. The summed E-state index contributed by atoms with van der Waals surface area (Å²) in [7, 11) is 11.2. The van der Waals surface area contributed by atoms with Gasteiger partial charge in [0, 0.05) is 6.42 Å². The number of nitrogens with zero attached hydrogens (tertiary/aromatic N) is 2. The van der Waals surface area contributed by atoms with Gasteiger partial charge in [0.15, 0.2) is 0 Å². The molecule has 0 saturated heterocycles. The molecule has 138 valence electrons. The summed E-state index contributed by atoms with van der Waals surface area (Å²) < 4.78 is 2.04. The van der Waals surface area contributed by atoms with Crippen LogP contribution in [0.25, 0.3) is 0 Å². The van der Waals surface area contributed by atoms with Crippen molar-refractivity contribution >= 4 is 5.97 Å². The minimum atomic E-state index is -0.675. The quantitative estimate of drug-likeness (QED) is 0.367. The van der Waals surface area contributed by atoms with E-state index in [4.69, 9.17) is 5.11 Å². The zero-order valence-corrected chi connectivity index (χ0v) is 16.4. The summed E-state index contributed by atoms with van der Waals surface area (Å²) in [5.74, 6) is -0.675. The molecule has 0 spiro atoms. The molecule has 0 bridgehead atoms. The lowest BCUT2D eigenvalue weighted by molar-refractivity contribution is -0.890. The van der Waals surface area contributed by atoms with E-state index in [-0.39, 0.29) is 0 Å². The van der Waals surface area contributed by atoms with Gasteiger partial charge in [0.1, 0.15) is 0 Å². The predicted octanol–water partition coefficient (Wildman–Crippen LogP) is 3.75. The number of unbranched alkanes of at least 4 members (excludes halogenated alkanes) is 7. The standard InChI is InChI=1S/C19H41N2O2/c1-20(2,3)16-12-10-8-6-7-9-11-13-17-21(4,5)18-14-15-19(22)23/h6-18H2,1-5H3/q+1/p+1. The second-order valence-electron chi connectivity index (χ2n) is 8.72. The lowest BCUT2D eigenvalue weighted by Gasteiger charge is -2.29. The Balaban J connectivity index is 3.39. The fourth-order valence-corrected chi connectivity index (χ4v) is 2.96. The summed E-state index contributed by atoms with van der Waals surface area (Å²) in [6, 6.07) is 0. The second-order valence-corrected chi connectivity index (χ2v) is 8.72. The molecule has 0 heterocycles. The smallest absolute Gasteiger partial charge is 0.303 e. The van der Waals surface area contributed by atoms with Gasteiger partial charge < -0.3 is 14.1 Å². The Morgan fingerprint density at radius 2 is 1.04 bits per heavy atom. The van der Waals surface area contributed by atoms with Crippen molar-refractivity contribution < 1.29 is 18.9 Å². The Labute approximate surface area is 144 Å². The molecule has 4 heteroatoms. The van der Waals surface area contributed by atoms with E-state index in [1.54, 1.807) is 0 Å². The van der Waals surface area contributed by atoms with Crippen LogP contribution in [0.4, 0.5) is 0 Å². The van der Waals surface area contributed by atoms with Gasteiger partial charge in [-0.2, -0.15) is 0 Å². The number of carboxylic acid groups (broad SMARTS) is 1. The number of quaternary nitrogens is 2. The Bertz CT molecular complexity index is 309. The highest BCUT2D eigenvalue weighted by Gasteiger charge is 2.14. The molecular formula is C19H42N2O2+2. The zero-order valence-electron chi connectivity index (χ0n) is 16.4. The molecule has 0 atom stereocenters. The molecule has 4 nitrogen and oxygen atoms in total. The lowest BCUT2D eigenvalue weighted by atomic mass is 10.1. The summed E-state index contributed by atoms with van der Waals surface area (Å²) in [4.78, 5) is 10.6. The third kappa shape index (κ3) is 17.6. The van der Waals surface area contributed by atoms with Gasteiger partial charge in [0.25, 0.3) is 0 Å². The minimum absolute atomic E-state index is 0.301. The van der Waals surface area contributed by atoms with Gasteiger partial charge in [-0.1, -0.05) is 25.7 Å². The van der Waals surface area contributed by atoms with Crippen LogP contribution in [0.15, 0.2) is 0 Å². The van der Waals surface area contributed by atoms with Crippen LogP contribution in [0.5, 0.6) is 0 Å². The van der Waals surface area contributed by atoms with E-state index in [1.165, 1.54) is 64.5 Å². The van der Waals surface area contributed by atoms with Crippen LogP contribution >= 0.6 is 0 Å². The first-order chi connectivity index (χ1) is 10.6. The van der Waals surface area contributed by atoms with Crippen molar-refractivity contribution in [3.8, 4) is 0 Å².